The maximum Gasteiger partial charge on any atom is 0.239 e. The molecule has 1 aromatic rings. The Morgan fingerprint density at radius 3 is 2.69 bits per heavy atom. The summed E-state index contributed by atoms with van der Waals surface area (Å²) in [5.41, 5.74) is 0.974. The molecule has 7 nitrogen and oxygen atoms in total. The van der Waals surface area contributed by atoms with Crippen LogP contribution in [0.1, 0.15) is 32.1 Å². The highest BCUT2D eigenvalue weighted by atomic mass is 16.5. The molecule has 0 radical (unpaired) electrons. The van der Waals surface area contributed by atoms with E-state index in [9.17, 15) is 9.90 Å². The quantitative estimate of drug-likeness (QED) is 0.748. The number of carbonyl (C=O) groups excluding carboxylic acids is 1. The van der Waals surface area contributed by atoms with Crippen LogP contribution in [0, 0.1) is 0 Å². The Labute approximate surface area is 173 Å². The fourth-order valence-electron chi connectivity index (χ4n) is 4.97. The summed E-state index contributed by atoms with van der Waals surface area (Å²) in [6, 6.07) is 7.71. The number of para-hydroxylation sites is 2. The van der Waals surface area contributed by atoms with Gasteiger partial charge in [0.25, 0.3) is 0 Å². The molecule has 0 bridgehead atoms. The molecule has 1 saturated heterocycles. The van der Waals surface area contributed by atoms with Crippen molar-refractivity contribution in [3.05, 3.63) is 24.3 Å². The number of carbonyl (C=O) groups is 1. The van der Waals surface area contributed by atoms with Crippen LogP contribution in [0.25, 0.3) is 0 Å². The van der Waals surface area contributed by atoms with Crippen molar-refractivity contribution in [2.75, 3.05) is 57.4 Å². The predicted molar refractivity (Wildman–Crippen MR) is 111 cm³/mol. The lowest BCUT2D eigenvalue weighted by atomic mass is 9.79. The van der Waals surface area contributed by atoms with E-state index >= 15 is 0 Å². The molecule has 1 saturated carbocycles. The molecule has 29 heavy (non-hydrogen) atoms. The van der Waals surface area contributed by atoms with Gasteiger partial charge >= 0.3 is 0 Å². The molecular formula is C22H33N3O4. The average Bonchev–Trinajstić information content (AvgIpc) is 2.79. The van der Waals surface area contributed by atoms with E-state index in [-0.39, 0.29) is 30.7 Å². The number of nitrogens with zero attached hydrogens (tertiary/aromatic N) is 2. The summed E-state index contributed by atoms with van der Waals surface area (Å²) in [6.07, 6.45) is 5.70. The van der Waals surface area contributed by atoms with E-state index in [2.05, 4.69) is 10.2 Å². The zero-order valence-electron chi connectivity index (χ0n) is 17.1. The Hall–Kier alpha value is -1.83. The second-order valence-electron chi connectivity index (χ2n) is 8.43. The van der Waals surface area contributed by atoms with Gasteiger partial charge < -0.3 is 24.8 Å². The van der Waals surface area contributed by atoms with Gasteiger partial charge in [-0.3, -0.25) is 9.69 Å². The van der Waals surface area contributed by atoms with Crippen LogP contribution >= 0.6 is 0 Å². The molecular weight excluding hydrogens is 370 g/mol. The van der Waals surface area contributed by atoms with Gasteiger partial charge in [-0.15, -0.1) is 0 Å². The first-order chi connectivity index (χ1) is 14.2. The van der Waals surface area contributed by atoms with Gasteiger partial charge in [0.2, 0.25) is 5.91 Å². The van der Waals surface area contributed by atoms with Gasteiger partial charge in [0.15, 0.2) is 0 Å². The standard InChI is InChI=1S/C22H33N3O4/c26-16-18-14-24(19-6-2-3-7-20(19)29-18)15-21(27)23-17-22(8-4-1-5-9-22)25-10-12-28-13-11-25/h2-3,6-7,18,26H,1,4-5,8-17H2,(H,23,27)/t18-/m0/s1. The molecule has 2 heterocycles. The van der Waals surface area contributed by atoms with Crippen molar-refractivity contribution in [1.29, 1.82) is 0 Å². The van der Waals surface area contributed by atoms with Gasteiger partial charge in [-0.05, 0) is 25.0 Å². The molecule has 1 atom stereocenters. The van der Waals surface area contributed by atoms with Crippen LogP contribution < -0.4 is 15.0 Å². The van der Waals surface area contributed by atoms with Gasteiger partial charge in [0.1, 0.15) is 11.9 Å². The topological polar surface area (TPSA) is 74.3 Å². The first kappa shape index (κ1) is 20.4. The fraction of sp³-hybridized carbons (Fsp3) is 0.682. The number of aliphatic hydroxyl groups excluding tert-OH is 1. The first-order valence-electron chi connectivity index (χ1n) is 10.9. The van der Waals surface area contributed by atoms with Crippen molar-refractivity contribution < 1.29 is 19.4 Å². The average molecular weight is 404 g/mol. The third kappa shape index (κ3) is 4.68. The van der Waals surface area contributed by atoms with Crippen LogP contribution in [0.4, 0.5) is 5.69 Å². The van der Waals surface area contributed by atoms with E-state index < -0.39 is 0 Å². The Kier molecular flexibility index (Phi) is 6.57. The summed E-state index contributed by atoms with van der Waals surface area (Å²) in [5.74, 6) is 0.749. The molecule has 160 valence electrons. The van der Waals surface area contributed by atoms with Crippen LogP contribution in [-0.2, 0) is 9.53 Å². The lowest BCUT2D eigenvalue weighted by Crippen LogP contribution is -2.60. The summed E-state index contributed by atoms with van der Waals surface area (Å²) in [4.78, 5) is 17.4. The number of anilines is 1. The van der Waals surface area contributed by atoms with Gasteiger partial charge in [-0.1, -0.05) is 31.4 Å². The number of benzene rings is 1. The predicted octanol–water partition coefficient (Wildman–Crippen LogP) is 1.40. The number of nitrogens with one attached hydrogen (secondary N) is 1. The van der Waals surface area contributed by atoms with Gasteiger partial charge in [-0.2, -0.15) is 0 Å². The summed E-state index contributed by atoms with van der Waals surface area (Å²) in [6.45, 7) is 4.88. The number of ether oxygens (including phenoxy) is 2. The second-order valence-corrected chi connectivity index (χ2v) is 8.43. The third-order valence-corrected chi connectivity index (χ3v) is 6.54. The minimum Gasteiger partial charge on any atom is -0.484 e. The van der Waals surface area contributed by atoms with E-state index in [1.54, 1.807) is 0 Å². The van der Waals surface area contributed by atoms with Crippen molar-refractivity contribution in [2.45, 2.75) is 43.7 Å². The highest BCUT2D eigenvalue weighted by Crippen LogP contribution is 2.34. The number of rotatable bonds is 6. The first-order valence-corrected chi connectivity index (χ1v) is 10.9. The summed E-state index contributed by atoms with van der Waals surface area (Å²) in [7, 11) is 0. The van der Waals surface area contributed by atoms with Crippen molar-refractivity contribution >= 4 is 11.6 Å². The molecule has 3 aliphatic rings. The van der Waals surface area contributed by atoms with Crippen molar-refractivity contribution in [2.24, 2.45) is 0 Å². The molecule has 0 aromatic heterocycles. The molecule has 4 rings (SSSR count). The lowest BCUT2D eigenvalue weighted by molar-refractivity contribution is -0.121. The van der Waals surface area contributed by atoms with E-state index in [4.69, 9.17) is 9.47 Å². The SMILES string of the molecule is O=C(CN1C[C@@H](CO)Oc2ccccc21)NCC1(N2CCOCC2)CCCCC1. The number of aliphatic hydroxyl groups is 1. The van der Waals surface area contributed by atoms with E-state index in [0.717, 1.165) is 50.6 Å². The maximum absolute atomic E-state index is 12.9. The number of amides is 1. The Morgan fingerprint density at radius 1 is 1.17 bits per heavy atom. The zero-order chi connectivity index (χ0) is 20.1. The van der Waals surface area contributed by atoms with E-state index in [1.165, 1.54) is 19.3 Å². The second kappa shape index (κ2) is 9.32. The molecule has 1 amide bonds. The highest BCUT2D eigenvalue weighted by molar-refractivity contribution is 5.82. The number of fused-ring (bicyclic) bond motifs is 1. The van der Waals surface area contributed by atoms with Crippen molar-refractivity contribution in [3.8, 4) is 5.75 Å². The summed E-state index contributed by atoms with van der Waals surface area (Å²) < 4.78 is 11.3. The molecule has 7 heteroatoms. The maximum atomic E-state index is 12.9. The number of hydrogen-bond acceptors (Lipinski definition) is 6. The number of hydrogen-bond donors (Lipinski definition) is 2. The van der Waals surface area contributed by atoms with Crippen LogP contribution in [0.3, 0.4) is 0 Å². The summed E-state index contributed by atoms with van der Waals surface area (Å²) in [5, 5.41) is 12.8. The molecule has 1 aliphatic carbocycles. The van der Waals surface area contributed by atoms with Gasteiger partial charge in [-0.25, -0.2) is 0 Å². The number of morpholine rings is 1. The van der Waals surface area contributed by atoms with Crippen LogP contribution in [0.5, 0.6) is 5.75 Å². The Balaban J connectivity index is 1.39. The van der Waals surface area contributed by atoms with Crippen LogP contribution in [-0.4, -0.2) is 80.1 Å². The monoisotopic (exact) mass is 403 g/mol. The van der Waals surface area contributed by atoms with E-state index in [0.29, 0.717) is 13.1 Å². The lowest BCUT2D eigenvalue weighted by Gasteiger charge is -2.48. The largest absolute Gasteiger partial charge is 0.484 e. The Morgan fingerprint density at radius 2 is 1.93 bits per heavy atom. The highest BCUT2D eigenvalue weighted by Gasteiger charge is 2.39. The van der Waals surface area contributed by atoms with Crippen LogP contribution in [0.15, 0.2) is 24.3 Å². The Bertz CT molecular complexity index is 686. The summed E-state index contributed by atoms with van der Waals surface area (Å²) >= 11 is 0. The third-order valence-electron chi connectivity index (χ3n) is 6.54. The van der Waals surface area contributed by atoms with Gasteiger partial charge in [0, 0.05) is 25.2 Å². The van der Waals surface area contributed by atoms with E-state index in [1.807, 2.05) is 29.2 Å². The smallest absolute Gasteiger partial charge is 0.239 e. The molecule has 1 aromatic carbocycles. The molecule has 0 unspecified atom stereocenters. The van der Waals surface area contributed by atoms with Crippen LogP contribution in [0.2, 0.25) is 0 Å². The molecule has 2 aliphatic heterocycles. The molecule has 0 spiro atoms. The van der Waals surface area contributed by atoms with Crippen molar-refractivity contribution in [1.82, 2.24) is 10.2 Å². The molecule has 2 fully saturated rings. The molecule has 2 N–H and O–H groups in total. The normalized spacial score (nSPS) is 24.4. The zero-order valence-corrected chi connectivity index (χ0v) is 17.1. The van der Waals surface area contributed by atoms with Crippen molar-refractivity contribution in [3.63, 3.8) is 0 Å². The van der Waals surface area contributed by atoms with Gasteiger partial charge in [0.05, 0.1) is 38.6 Å². The fourth-order valence-corrected chi connectivity index (χ4v) is 4.97. The minimum absolute atomic E-state index is 0.0246. The minimum atomic E-state index is -0.310.